The van der Waals surface area contributed by atoms with E-state index in [4.69, 9.17) is 4.74 Å². The Labute approximate surface area is 137 Å². The van der Waals surface area contributed by atoms with E-state index in [0.717, 1.165) is 24.0 Å². The minimum Gasteiger partial charge on any atom is -0.492 e. The van der Waals surface area contributed by atoms with Gasteiger partial charge in [0.1, 0.15) is 12.4 Å². The molecule has 122 valence electrons. The van der Waals surface area contributed by atoms with Gasteiger partial charge in [0.2, 0.25) is 0 Å². The second-order valence-electron chi connectivity index (χ2n) is 6.09. The minimum absolute atomic E-state index is 0.0842. The molecule has 1 aliphatic rings. The second-order valence-corrected chi connectivity index (χ2v) is 6.09. The molecule has 0 bridgehead atoms. The van der Waals surface area contributed by atoms with Crippen molar-refractivity contribution in [1.29, 1.82) is 0 Å². The van der Waals surface area contributed by atoms with E-state index < -0.39 is 0 Å². The summed E-state index contributed by atoms with van der Waals surface area (Å²) in [6.45, 7) is 0.974. The fraction of sp³-hybridized carbons (Fsp3) is 0.421. The van der Waals surface area contributed by atoms with Crippen LogP contribution in [0.25, 0.3) is 10.8 Å². The topological polar surface area (TPSA) is 50.4 Å². The van der Waals surface area contributed by atoms with Crippen LogP contribution in [0.2, 0.25) is 0 Å². The molecule has 0 heterocycles. The molecule has 0 radical (unpaired) electrons. The first-order valence-electron chi connectivity index (χ1n) is 8.47. The number of fused-ring (bicyclic) bond motifs is 1. The molecule has 2 aromatic carbocycles. The molecule has 1 fully saturated rings. The van der Waals surface area contributed by atoms with Gasteiger partial charge in [-0.05, 0) is 35.7 Å². The molecular weight excluding hydrogens is 288 g/mol. The molecule has 3 rings (SSSR count). The Morgan fingerprint density at radius 3 is 2.65 bits per heavy atom. The standard InChI is InChI=1S/C19H24N2O2/c22-19(21-17-8-2-1-3-9-17)20-12-13-23-18-11-10-15-6-4-5-7-16(15)14-18/h4-7,10-11,14,17H,1-3,8-9,12-13H2,(H2,20,21,22). The van der Waals surface area contributed by atoms with Gasteiger partial charge in [-0.3, -0.25) is 0 Å². The summed E-state index contributed by atoms with van der Waals surface area (Å²) < 4.78 is 5.71. The largest absolute Gasteiger partial charge is 0.492 e. The van der Waals surface area contributed by atoms with Gasteiger partial charge in [-0.2, -0.15) is 0 Å². The molecule has 1 saturated carbocycles. The van der Waals surface area contributed by atoms with Gasteiger partial charge < -0.3 is 15.4 Å². The number of nitrogens with one attached hydrogen (secondary N) is 2. The molecule has 2 aromatic rings. The Morgan fingerprint density at radius 2 is 1.83 bits per heavy atom. The molecular formula is C19H24N2O2. The van der Waals surface area contributed by atoms with Crippen molar-refractivity contribution in [3.63, 3.8) is 0 Å². The third-order valence-corrected chi connectivity index (χ3v) is 4.32. The van der Waals surface area contributed by atoms with Crippen LogP contribution in [0.15, 0.2) is 42.5 Å². The molecule has 0 atom stereocenters. The smallest absolute Gasteiger partial charge is 0.315 e. The Balaban J connectivity index is 1.39. The number of carbonyl (C=O) groups is 1. The molecule has 0 aromatic heterocycles. The number of amides is 2. The van der Waals surface area contributed by atoms with Crippen LogP contribution < -0.4 is 15.4 Å². The second kappa shape index (κ2) is 7.86. The van der Waals surface area contributed by atoms with Crippen molar-refractivity contribution in [2.24, 2.45) is 0 Å². The number of carbonyl (C=O) groups excluding carboxylic acids is 1. The Hall–Kier alpha value is -2.23. The summed E-state index contributed by atoms with van der Waals surface area (Å²) >= 11 is 0. The van der Waals surface area contributed by atoms with Crippen LogP contribution in [-0.2, 0) is 0 Å². The zero-order valence-electron chi connectivity index (χ0n) is 13.4. The van der Waals surface area contributed by atoms with E-state index >= 15 is 0 Å². The van der Waals surface area contributed by atoms with E-state index in [2.05, 4.69) is 22.8 Å². The first kappa shape index (κ1) is 15.7. The average molecular weight is 312 g/mol. The maximum Gasteiger partial charge on any atom is 0.315 e. The van der Waals surface area contributed by atoms with Gasteiger partial charge in [-0.25, -0.2) is 4.79 Å². The van der Waals surface area contributed by atoms with Crippen molar-refractivity contribution in [2.45, 2.75) is 38.1 Å². The maximum absolute atomic E-state index is 11.8. The molecule has 2 N–H and O–H groups in total. The normalized spacial score (nSPS) is 15.3. The summed E-state index contributed by atoms with van der Waals surface area (Å²) in [6, 6.07) is 14.5. The van der Waals surface area contributed by atoms with E-state index in [1.165, 1.54) is 24.6 Å². The van der Waals surface area contributed by atoms with Crippen molar-refractivity contribution in [3.05, 3.63) is 42.5 Å². The average Bonchev–Trinajstić information content (AvgIpc) is 2.59. The van der Waals surface area contributed by atoms with Crippen molar-refractivity contribution in [2.75, 3.05) is 13.2 Å². The highest BCUT2D eigenvalue weighted by Gasteiger charge is 2.14. The SMILES string of the molecule is O=C(NCCOc1ccc2ccccc2c1)NC1CCCCC1. The predicted octanol–water partition coefficient (Wildman–Crippen LogP) is 3.85. The van der Waals surface area contributed by atoms with Gasteiger partial charge in [0, 0.05) is 6.04 Å². The third-order valence-electron chi connectivity index (χ3n) is 4.32. The van der Waals surface area contributed by atoms with Gasteiger partial charge in [0.05, 0.1) is 6.54 Å². The van der Waals surface area contributed by atoms with Crippen molar-refractivity contribution >= 4 is 16.8 Å². The molecule has 23 heavy (non-hydrogen) atoms. The lowest BCUT2D eigenvalue weighted by molar-refractivity contribution is 0.228. The Kier molecular flexibility index (Phi) is 5.35. The number of hydrogen-bond acceptors (Lipinski definition) is 2. The lowest BCUT2D eigenvalue weighted by atomic mass is 9.96. The molecule has 4 heteroatoms. The van der Waals surface area contributed by atoms with Crippen molar-refractivity contribution in [1.82, 2.24) is 10.6 Å². The van der Waals surface area contributed by atoms with Crippen molar-refractivity contribution in [3.8, 4) is 5.75 Å². The first-order valence-corrected chi connectivity index (χ1v) is 8.47. The monoisotopic (exact) mass is 312 g/mol. The summed E-state index contributed by atoms with van der Waals surface area (Å²) in [5, 5.41) is 8.26. The van der Waals surface area contributed by atoms with E-state index in [1.807, 2.05) is 30.3 Å². The van der Waals surface area contributed by atoms with E-state index in [9.17, 15) is 4.79 Å². The van der Waals surface area contributed by atoms with Gasteiger partial charge in [0.25, 0.3) is 0 Å². The van der Waals surface area contributed by atoms with Gasteiger partial charge in [-0.1, -0.05) is 49.6 Å². The number of ether oxygens (including phenoxy) is 1. The van der Waals surface area contributed by atoms with Crippen LogP contribution >= 0.6 is 0 Å². The van der Waals surface area contributed by atoms with Crippen LogP contribution in [0.1, 0.15) is 32.1 Å². The van der Waals surface area contributed by atoms with Gasteiger partial charge in [-0.15, -0.1) is 0 Å². The summed E-state index contributed by atoms with van der Waals surface area (Å²) in [5.41, 5.74) is 0. The maximum atomic E-state index is 11.8. The summed E-state index contributed by atoms with van der Waals surface area (Å²) in [5.74, 6) is 0.832. The zero-order chi connectivity index (χ0) is 15.9. The molecule has 0 saturated heterocycles. The highest BCUT2D eigenvalue weighted by Crippen LogP contribution is 2.20. The van der Waals surface area contributed by atoms with Crippen LogP contribution in [0.5, 0.6) is 5.75 Å². The third kappa shape index (κ3) is 4.62. The zero-order valence-corrected chi connectivity index (χ0v) is 13.4. The Morgan fingerprint density at radius 1 is 1.04 bits per heavy atom. The predicted molar refractivity (Wildman–Crippen MR) is 92.9 cm³/mol. The van der Waals surface area contributed by atoms with Crippen LogP contribution in [0.4, 0.5) is 4.79 Å². The molecule has 0 unspecified atom stereocenters. The fourth-order valence-electron chi connectivity index (χ4n) is 3.07. The summed E-state index contributed by atoms with van der Waals surface area (Å²) in [7, 11) is 0. The minimum atomic E-state index is -0.0842. The van der Waals surface area contributed by atoms with E-state index in [0.29, 0.717) is 19.2 Å². The van der Waals surface area contributed by atoms with Crippen LogP contribution in [0.3, 0.4) is 0 Å². The van der Waals surface area contributed by atoms with Crippen LogP contribution in [0, 0.1) is 0 Å². The number of urea groups is 1. The Bertz CT molecular complexity index is 651. The van der Waals surface area contributed by atoms with E-state index in [-0.39, 0.29) is 6.03 Å². The molecule has 2 amide bonds. The summed E-state index contributed by atoms with van der Waals surface area (Å²) in [4.78, 5) is 11.8. The summed E-state index contributed by atoms with van der Waals surface area (Å²) in [6.07, 6.45) is 5.92. The number of rotatable bonds is 5. The fourth-order valence-corrected chi connectivity index (χ4v) is 3.07. The van der Waals surface area contributed by atoms with Crippen molar-refractivity contribution < 1.29 is 9.53 Å². The number of benzene rings is 2. The highest BCUT2D eigenvalue weighted by atomic mass is 16.5. The van der Waals surface area contributed by atoms with Crippen LogP contribution in [-0.4, -0.2) is 25.2 Å². The molecule has 0 aliphatic heterocycles. The molecule has 4 nitrogen and oxygen atoms in total. The highest BCUT2D eigenvalue weighted by molar-refractivity contribution is 5.83. The molecule has 1 aliphatic carbocycles. The van der Waals surface area contributed by atoms with Gasteiger partial charge in [0.15, 0.2) is 0 Å². The molecule has 0 spiro atoms. The lowest BCUT2D eigenvalue weighted by Crippen LogP contribution is -2.44. The first-order chi connectivity index (χ1) is 11.3. The number of hydrogen-bond donors (Lipinski definition) is 2. The quantitative estimate of drug-likeness (QED) is 0.824. The van der Waals surface area contributed by atoms with E-state index in [1.54, 1.807) is 0 Å². The van der Waals surface area contributed by atoms with Gasteiger partial charge >= 0.3 is 6.03 Å². The lowest BCUT2D eigenvalue weighted by Gasteiger charge is -2.22.